The predicted octanol–water partition coefficient (Wildman–Crippen LogP) is 3.50. The van der Waals surface area contributed by atoms with E-state index in [-0.39, 0.29) is 24.6 Å². The molecule has 9 nitrogen and oxygen atoms in total. The van der Waals surface area contributed by atoms with Gasteiger partial charge in [0.25, 0.3) is 5.91 Å². The van der Waals surface area contributed by atoms with Crippen LogP contribution in [-0.4, -0.2) is 73.1 Å². The predicted molar refractivity (Wildman–Crippen MR) is 127 cm³/mol. The molecule has 3 amide bonds. The van der Waals surface area contributed by atoms with Gasteiger partial charge in [0.2, 0.25) is 0 Å². The number of anilines is 2. The maximum absolute atomic E-state index is 12.9. The van der Waals surface area contributed by atoms with E-state index in [9.17, 15) is 19.5 Å². The lowest BCUT2D eigenvalue weighted by Gasteiger charge is -2.40. The average molecular weight is 468 g/mol. The van der Waals surface area contributed by atoms with Crippen LogP contribution in [0.2, 0.25) is 0 Å². The number of hydrogen-bond acceptors (Lipinski definition) is 6. The summed E-state index contributed by atoms with van der Waals surface area (Å²) in [4.78, 5) is 42.5. The Hall–Kier alpha value is -3.59. The first-order valence-electron chi connectivity index (χ1n) is 11.3. The number of aliphatic hydroxyl groups is 1. The lowest BCUT2D eigenvalue weighted by Crippen LogP contribution is -2.53. The Morgan fingerprint density at radius 1 is 0.941 bits per heavy atom. The molecule has 2 aliphatic rings. The number of β-amino-alcohol motifs (C(OH)–C–C–N with tert-alkyl or cyclic N) is 1. The van der Waals surface area contributed by atoms with Crippen LogP contribution in [-0.2, 0) is 9.47 Å². The number of likely N-dealkylation sites (tertiary alicyclic amines) is 1. The van der Waals surface area contributed by atoms with Crippen LogP contribution < -0.4 is 9.80 Å². The van der Waals surface area contributed by atoms with Gasteiger partial charge in [-0.3, -0.25) is 14.6 Å². The maximum Gasteiger partial charge on any atom is 0.414 e. The molecule has 0 saturated carbocycles. The molecule has 0 spiro atoms. The van der Waals surface area contributed by atoms with Crippen molar-refractivity contribution in [2.75, 3.05) is 36.5 Å². The highest BCUT2D eigenvalue weighted by molar-refractivity contribution is 6.02. The summed E-state index contributed by atoms with van der Waals surface area (Å²) in [6.45, 7) is 6.37. The van der Waals surface area contributed by atoms with E-state index in [1.54, 1.807) is 36.9 Å². The van der Waals surface area contributed by atoms with Gasteiger partial charge in [0.05, 0.1) is 43.3 Å². The highest BCUT2D eigenvalue weighted by atomic mass is 16.6. The van der Waals surface area contributed by atoms with Crippen LogP contribution >= 0.6 is 0 Å². The molecule has 1 N–H and O–H groups in total. The largest absolute Gasteiger partial charge is 0.452 e. The van der Waals surface area contributed by atoms with Crippen molar-refractivity contribution in [1.82, 2.24) is 4.90 Å². The topological polar surface area (TPSA) is 99.6 Å². The Kier molecular flexibility index (Phi) is 6.47. The number of amides is 3. The van der Waals surface area contributed by atoms with Gasteiger partial charge >= 0.3 is 12.2 Å². The fourth-order valence-electron chi connectivity index (χ4n) is 4.23. The van der Waals surface area contributed by atoms with Crippen molar-refractivity contribution in [2.45, 2.75) is 39.0 Å². The second-order valence-electron chi connectivity index (χ2n) is 8.88. The molecule has 180 valence electrons. The first kappa shape index (κ1) is 23.6. The van der Waals surface area contributed by atoms with Crippen molar-refractivity contribution in [1.29, 1.82) is 0 Å². The van der Waals surface area contributed by atoms with E-state index >= 15 is 0 Å². The van der Waals surface area contributed by atoms with E-state index < -0.39 is 18.3 Å². The SMILES string of the molecule is COC(=O)N1c2ccc(-c3ccc(C(=O)N4CC(O)C4)cc3)cc2N(C(=O)OC(C)C)CC1C. The molecule has 2 aliphatic heterocycles. The molecule has 34 heavy (non-hydrogen) atoms. The van der Waals surface area contributed by atoms with E-state index in [0.29, 0.717) is 30.0 Å². The molecular weight excluding hydrogens is 438 g/mol. The molecule has 0 aliphatic carbocycles. The molecule has 0 bridgehead atoms. The van der Waals surface area contributed by atoms with Gasteiger partial charge in [0, 0.05) is 18.7 Å². The average Bonchev–Trinajstić information content (AvgIpc) is 2.80. The van der Waals surface area contributed by atoms with Crippen LogP contribution in [0.3, 0.4) is 0 Å². The monoisotopic (exact) mass is 467 g/mol. The summed E-state index contributed by atoms with van der Waals surface area (Å²) in [5.41, 5.74) is 3.31. The van der Waals surface area contributed by atoms with Crippen LogP contribution in [0.1, 0.15) is 31.1 Å². The zero-order chi connectivity index (χ0) is 24.6. The van der Waals surface area contributed by atoms with Crippen LogP contribution in [0.5, 0.6) is 0 Å². The summed E-state index contributed by atoms with van der Waals surface area (Å²) in [6.07, 6.45) is -1.72. The minimum absolute atomic E-state index is 0.118. The van der Waals surface area contributed by atoms with Crippen molar-refractivity contribution >= 4 is 29.5 Å². The zero-order valence-corrected chi connectivity index (χ0v) is 19.7. The van der Waals surface area contributed by atoms with E-state index in [1.165, 1.54) is 16.9 Å². The van der Waals surface area contributed by atoms with Gasteiger partial charge in [-0.1, -0.05) is 18.2 Å². The van der Waals surface area contributed by atoms with Gasteiger partial charge in [-0.15, -0.1) is 0 Å². The molecule has 0 aromatic heterocycles. The van der Waals surface area contributed by atoms with Crippen molar-refractivity contribution < 1.29 is 29.0 Å². The maximum atomic E-state index is 12.9. The number of fused-ring (bicyclic) bond motifs is 1. The van der Waals surface area contributed by atoms with Gasteiger partial charge in [0.15, 0.2) is 0 Å². The molecular formula is C25H29N3O6. The van der Waals surface area contributed by atoms with Crippen molar-refractivity contribution in [2.24, 2.45) is 0 Å². The standard InChI is InChI=1S/C25H29N3O6/c1-15(2)34-24(31)27-12-16(3)28(25(32)33-4)21-10-9-19(11-22(21)27)17-5-7-18(8-6-17)23(30)26-13-20(29)14-26/h5-11,15-16,20,29H,12-14H2,1-4H3. The summed E-state index contributed by atoms with van der Waals surface area (Å²) in [6, 6.07) is 12.3. The Morgan fingerprint density at radius 3 is 2.18 bits per heavy atom. The lowest BCUT2D eigenvalue weighted by atomic mass is 9.99. The number of hydrogen-bond donors (Lipinski definition) is 1. The fraction of sp³-hybridized carbons (Fsp3) is 0.400. The molecule has 2 heterocycles. The normalized spacial score (nSPS) is 17.8. The lowest BCUT2D eigenvalue weighted by molar-refractivity contribution is 0.00589. The quantitative estimate of drug-likeness (QED) is 0.742. The van der Waals surface area contributed by atoms with E-state index in [0.717, 1.165) is 11.1 Å². The van der Waals surface area contributed by atoms with E-state index in [2.05, 4.69) is 0 Å². The number of aliphatic hydroxyl groups excluding tert-OH is 1. The number of ether oxygens (including phenoxy) is 2. The highest BCUT2D eigenvalue weighted by Gasteiger charge is 2.36. The molecule has 0 radical (unpaired) electrons. The second kappa shape index (κ2) is 9.34. The Labute approximate surface area is 198 Å². The molecule has 9 heteroatoms. The molecule has 1 saturated heterocycles. The van der Waals surface area contributed by atoms with Crippen molar-refractivity contribution in [3.63, 3.8) is 0 Å². The highest BCUT2D eigenvalue weighted by Crippen LogP contribution is 2.39. The third-order valence-corrected chi connectivity index (χ3v) is 5.96. The van der Waals surface area contributed by atoms with Gasteiger partial charge in [0.1, 0.15) is 0 Å². The summed E-state index contributed by atoms with van der Waals surface area (Å²) in [5.74, 6) is -0.118. The number of benzene rings is 2. The fourth-order valence-corrected chi connectivity index (χ4v) is 4.23. The smallest absolute Gasteiger partial charge is 0.414 e. The van der Waals surface area contributed by atoms with Crippen LogP contribution in [0.15, 0.2) is 42.5 Å². The van der Waals surface area contributed by atoms with Gasteiger partial charge < -0.3 is 19.5 Å². The van der Waals surface area contributed by atoms with Crippen molar-refractivity contribution in [3.8, 4) is 11.1 Å². The summed E-state index contributed by atoms with van der Waals surface area (Å²) < 4.78 is 10.4. The van der Waals surface area contributed by atoms with E-state index in [4.69, 9.17) is 9.47 Å². The van der Waals surface area contributed by atoms with Crippen LogP contribution in [0.4, 0.5) is 21.0 Å². The zero-order valence-electron chi connectivity index (χ0n) is 19.7. The third kappa shape index (κ3) is 4.43. The molecule has 4 rings (SSSR count). The van der Waals surface area contributed by atoms with Crippen molar-refractivity contribution in [3.05, 3.63) is 48.0 Å². The van der Waals surface area contributed by atoms with Gasteiger partial charge in [-0.25, -0.2) is 9.59 Å². The molecule has 2 aromatic rings. The molecule has 1 atom stereocenters. The number of carbonyl (C=O) groups excluding carboxylic acids is 3. The Balaban J connectivity index is 1.67. The number of carbonyl (C=O) groups is 3. The number of nitrogens with zero attached hydrogens (tertiary/aromatic N) is 3. The van der Waals surface area contributed by atoms with E-state index in [1.807, 2.05) is 31.2 Å². The third-order valence-electron chi connectivity index (χ3n) is 5.96. The number of methoxy groups -OCH3 is 1. The first-order valence-corrected chi connectivity index (χ1v) is 11.3. The van der Waals surface area contributed by atoms with Gasteiger partial charge in [-0.05, 0) is 56.2 Å². The first-order chi connectivity index (χ1) is 16.2. The summed E-state index contributed by atoms with van der Waals surface area (Å²) >= 11 is 0. The Morgan fingerprint density at radius 2 is 1.59 bits per heavy atom. The van der Waals surface area contributed by atoms with Crippen LogP contribution in [0.25, 0.3) is 11.1 Å². The molecule has 1 unspecified atom stereocenters. The molecule has 2 aromatic carbocycles. The minimum Gasteiger partial charge on any atom is -0.452 e. The number of rotatable bonds is 3. The second-order valence-corrected chi connectivity index (χ2v) is 8.88. The summed E-state index contributed by atoms with van der Waals surface area (Å²) in [5, 5.41) is 9.43. The van der Waals surface area contributed by atoms with Gasteiger partial charge in [-0.2, -0.15) is 0 Å². The molecule has 1 fully saturated rings. The minimum atomic E-state index is -0.502. The Bertz CT molecular complexity index is 1090. The summed E-state index contributed by atoms with van der Waals surface area (Å²) in [7, 11) is 1.33. The van der Waals surface area contributed by atoms with Crippen LogP contribution in [0, 0.1) is 0 Å².